The summed E-state index contributed by atoms with van der Waals surface area (Å²) >= 11 is 0. The molecule has 2 bridgehead atoms. The van der Waals surface area contributed by atoms with Gasteiger partial charge >= 0.3 is 0 Å². The zero-order chi connectivity index (χ0) is 20.8. The molecule has 2 atom stereocenters. The molecule has 174 valence electrons. The maximum atomic E-state index is 5.35. The van der Waals surface area contributed by atoms with Crippen LogP contribution >= 0.6 is 24.0 Å². The monoisotopic (exact) mass is 542 g/mol. The number of piperazine rings is 3. The third kappa shape index (κ3) is 6.46. The SMILES string of the molecule is CCNC(=NCC(c1ccc(OC)cc1)N1CCCC1)NCC1CN2CCN1CC2.I. The number of rotatable bonds is 8. The zero-order valence-electron chi connectivity index (χ0n) is 19.1. The number of halogens is 1. The van der Waals surface area contributed by atoms with E-state index in [1.165, 1.54) is 51.1 Å². The lowest BCUT2D eigenvalue weighted by molar-refractivity contribution is 0.0154. The molecule has 8 heteroatoms. The average Bonchev–Trinajstić information content (AvgIpc) is 3.33. The molecule has 4 saturated heterocycles. The Balaban J connectivity index is 0.00000272. The minimum absolute atomic E-state index is 0. The van der Waals surface area contributed by atoms with E-state index < -0.39 is 0 Å². The number of likely N-dealkylation sites (tertiary alicyclic amines) is 1. The molecule has 0 saturated carbocycles. The van der Waals surface area contributed by atoms with Gasteiger partial charge in [0.15, 0.2) is 5.96 Å². The van der Waals surface area contributed by atoms with Crippen LogP contribution in [0.1, 0.15) is 31.4 Å². The van der Waals surface area contributed by atoms with Crippen LogP contribution in [0.4, 0.5) is 0 Å². The molecule has 0 spiro atoms. The van der Waals surface area contributed by atoms with E-state index in [0.29, 0.717) is 12.1 Å². The second kappa shape index (κ2) is 12.2. The Labute approximate surface area is 204 Å². The van der Waals surface area contributed by atoms with Crippen LogP contribution in [0.3, 0.4) is 0 Å². The average molecular weight is 543 g/mol. The number of methoxy groups -OCH3 is 1. The molecular weight excluding hydrogens is 503 g/mol. The number of benzene rings is 1. The summed E-state index contributed by atoms with van der Waals surface area (Å²) in [7, 11) is 1.72. The maximum Gasteiger partial charge on any atom is 0.191 e. The van der Waals surface area contributed by atoms with E-state index in [1.54, 1.807) is 7.11 Å². The molecule has 4 aliphatic rings. The van der Waals surface area contributed by atoms with Gasteiger partial charge in [0.05, 0.1) is 19.7 Å². The van der Waals surface area contributed by atoms with Crippen molar-refractivity contribution < 1.29 is 4.74 Å². The van der Waals surface area contributed by atoms with Gasteiger partial charge < -0.3 is 15.4 Å². The van der Waals surface area contributed by atoms with Crippen LogP contribution < -0.4 is 15.4 Å². The molecule has 7 nitrogen and oxygen atoms in total. The minimum Gasteiger partial charge on any atom is -0.497 e. The number of hydrogen-bond acceptors (Lipinski definition) is 5. The van der Waals surface area contributed by atoms with E-state index >= 15 is 0 Å². The highest BCUT2D eigenvalue weighted by Gasteiger charge is 2.31. The van der Waals surface area contributed by atoms with Crippen LogP contribution in [0, 0.1) is 0 Å². The molecule has 4 heterocycles. The number of hydrogen-bond donors (Lipinski definition) is 2. The van der Waals surface area contributed by atoms with Crippen molar-refractivity contribution in [2.75, 3.05) is 72.6 Å². The van der Waals surface area contributed by atoms with Gasteiger partial charge in [-0.15, -0.1) is 24.0 Å². The Bertz CT molecular complexity index is 686. The van der Waals surface area contributed by atoms with E-state index in [2.05, 4.69) is 56.5 Å². The van der Waals surface area contributed by atoms with Crippen molar-refractivity contribution in [3.8, 4) is 5.75 Å². The molecule has 31 heavy (non-hydrogen) atoms. The molecule has 4 aliphatic heterocycles. The number of nitrogens with zero attached hydrogens (tertiary/aromatic N) is 4. The maximum absolute atomic E-state index is 5.35. The fraction of sp³-hybridized carbons (Fsp3) is 0.696. The quantitative estimate of drug-likeness (QED) is 0.298. The number of ether oxygens (including phenoxy) is 1. The van der Waals surface area contributed by atoms with Gasteiger partial charge in [0.2, 0.25) is 0 Å². The van der Waals surface area contributed by atoms with Crippen molar-refractivity contribution in [1.82, 2.24) is 25.3 Å². The third-order valence-electron chi connectivity index (χ3n) is 6.75. The molecule has 1 aromatic rings. The molecule has 0 aliphatic carbocycles. The minimum atomic E-state index is 0. The summed E-state index contributed by atoms with van der Waals surface area (Å²) in [5.41, 5.74) is 1.32. The lowest BCUT2D eigenvalue weighted by Crippen LogP contribution is -2.63. The molecule has 2 unspecified atom stereocenters. The van der Waals surface area contributed by atoms with Gasteiger partial charge in [0.25, 0.3) is 0 Å². The fourth-order valence-electron chi connectivity index (χ4n) is 4.96. The fourth-order valence-corrected chi connectivity index (χ4v) is 4.96. The Morgan fingerprint density at radius 1 is 1.06 bits per heavy atom. The van der Waals surface area contributed by atoms with Gasteiger partial charge in [-0.1, -0.05) is 12.1 Å². The molecule has 4 fully saturated rings. The van der Waals surface area contributed by atoms with Crippen LogP contribution in [0.2, 0.25) is 0 Å². The predicted molar refractivity (Wildman–Crippen MR) is 138 cm³/mol. The lowest BCUT2D eigenvalue weighted by Gasteiger charge is -2.47. The molecule has 5 rings (SSSR count). The van der Waals surface area contributed by atoms with Crippen LogP contribution in [0.25, 0.3) is 0 Å². The van der Waals surface area contributed by atoms with Gasteiger partial charge in [-0.2, -0.15) is 0 Å². The number of fused-ring (bicyclic) bond motifs is 3. The molecule has 0 aromatic heterocycles. The molecule has 1 aromatic carbocycles. The van der Waals surface area contributed by atoms with E-state index in [0.717, 1.165) is 44.4 Å². The summed E-state index contributed by atoms with van der Waals surface area (Å²) in [4.78, 5) is 12.8. The standard InChI is InChI=1S/C23H38N6O.HI/c1-3-24-23(25-16-20-18-27-12-14-28(20)15-13-27)26-17-22(29-10-4-5-11-29)19-6-8-21(30-2)9-7-19;/h6-9,20,22H,3-5,10-18H2,1-2H3,(H2,24,25,26);1H. The van der Waals surface area contributed by atoms with E-state index in [-0.39, 0.29) is 24.0 Å². The summed E-state index contributed by atoms with van der Waals surface area (Å²) in [6.45, 7) is 13.1. The van der Waals surface area contributed by atoms with Crippen molar-refractivity contribution in [3.63, 3.8) is 0 Å². The zero-order valence-corrected chi connectivity index (χ0v) is 21.4. The largest absolute Gasteiger partial charge is 0.497 e. The number of aliphatic imine (C=N–C) groups is 1. The predicted octanol–water partition coefficient (Wildman–Crippen LogP) is 2.01. The van der Waals surface area contributed by atoms with Crippen molar-refractivity contribution in [1.29, 1.82) is 0 Å². The summed E-state index contributed by atoms with van der Waals surface area (Å²) in [5.74, 6) is 1.85. The van der Waals surface area contributed by atoms with Crippen LogP contribution in [0.5, 0.6) is 5.75 Å². The Kier molecular flexibility index (Phi) is 9.68. The Hall–Kier alpha value is -1.10. The third-order valence-corrected chi connectivity index (χ3v) is 6.75. The Morgan fingerprint density at radius 3 is 2.35 bits per heavy atom. The summed E-state index contributed by atoms with van der Waals surface area (Å²) in [6.07, 6.45) is 2.56. The molecule has 0 radical (unpaired) electrons. The van der Waals surface area contributed by atoms with Crippen molar-refractivity contribution in [2.24, 2.45) is 4.99 Å². The highest BCUT2D eigenvalue weighted by molar-refractivity contribution is 14.0. The summed E-state index contributed by atoms with van der Waals surface area (Å²) in [6, 6.07) is 9.42. The molecular formula is C23H39IN6O. The number of nitrogens with one attached hydrogen (secondary N) is 2. The first-order chi connectivity index (χ1) is 14.8. The smallest absolute Gasteiger partial charge is 0.191 e. The van der Waals surface area contributed by atoms with Gasteiger partial charge in [0, 0.05) is 51.9 Å². The normalized spacial score (nSPS) is 26.9. The first-order valence-corrected chi connectivity index (χ1v) is 11.6. The van der Waals surface area contributed by atoms with Crippen molar-refractivity contribution in [3.05, 3.63) is 29.8 Å². The van der Waals surface area contributed by atoms with E-state index in [9.17, 15) is 0 Å². The first-order valence-electron chi connectivity index (χ1n) is 11.6. The van der Waals surface area contributed by atoms with Crippen molar-refractivity contribution >= 4 is 29.9 Å². The van der Waals surface area contributed by atoms with Crippen LogP contribution in [-0.2, 0) is 0 Å². The highest BCUT2D eigenvalue weighted by Crippen LogP contribution is 2.27. The second-order valence-corrected chi connectivity index (χ2v) is 8.62. The Morgan fingerprint density at radius 2 is 1.77 bits per heavy atom. The van der Waals surface area contributed by atoms with Crippen LogP contribution in [0.15, 0.2) is 29.3 Å². The van der Waals surface area contributed by atoms with Crippen LogP contribution in [-0.4, -0.2) is 99.3 Å². The van der Waals surface area contributed by atoms with Gasteiger partial charge in [-0.25, -0.2) is 0 Å². The topological polar surface area (TPSA) is 55.4 Å². The van der Waals surface area contributed by atoms with E-state index in [4.69, 9.17) is 9.73 Å². The summed E-state index contributed by atoms with van der Waals surface area (Å²) < 4.78 is 5.35. The van der Waals surface area contributed by atoms with Crippen molar-refractivity contribution in [2.45, 2.75) is 31.8 Å². The molecule has 2 N–H and O–H groups in total. The van der Waals surface area contributed by atoms with Gasteiger partial charge in [-0.05, 0) is 50.6 Å². The summed E-state index contributed by atoms with van der Waals surface area (Å²) in [5, 5.41) is 7.07. The highest BCUT2D eigenvalue weighted by atomic mass is 127. The first kappa shape index (κ1) is 24.5. The van der Waals surface area contributed by atoms with E-state index in [1.807, 2.05) is 0 Å². The van der Waals surface area contributed by atoms with Gasteiger partial charge in [-0.3, -0.25) is 19.7 Å². The second-order valence-electron chi connectivity index (χ2n) is 8.62. The number of guanidine groups is 1. The molecule has 0 amide bonds. The van der Waals surface area contributed by atoms with Gasteiger partial charge in [0.1, 0.15) is 5.75 Å². The lowest BCUT2D eigenvalue weighted by atomic mass is 10.1.